The third-order valence-electron chi connectivity index (χ3n) is 5.28. The molecular weight excluding hydrogens is 404 g/mol. The monoisotopic (exact) mass is 430 g/mol. The zero-order valence-electron chi connectivity index (χ0n) is 17.6. The summed E-state index contributed by atoms with van der Waals surface area (Å²) in [6.07, 6.45) is 0. The van der Waals surface area contributed by atoms with Gasteiger partial charge in [0.05, 0.1) is 20.1 Å². The molecule has 2 atom stereocenters. The average molecular weight is 431 g/mol. The number of carbonyl (C=O) groups is 2. The van der Waals surface area contributed by atoms with E-state index in [0.717, 1.165) is 5.56 Å². The molecule has 30 heavy (non-hydrogen) atoms. The average Bonchev–Trinajstić information content (AvgIpc) is 3.17. The number of methoxy groups -OCH3 is 2. The van der Waals surface area contributed by atoms with E-state index in [-0.39, 0.29) is 23.8 Å². The molecule has 0 spiro atoms. The van der Waals surface area contributed by atoms with Crippen LogP contribution < -0.4 is 14.8 Å². The van der Waals surface area contributed by atoms with Gasteiger partial charge in [0.1, 0.15) is 11.5 Å². The van der Waals surface area contributed by atoms with Crippen LogP contribution in [0.15, 0.2) is 42.5 Å². The van der Waals surface area contributed by atoms with Gasteiger partial charge in [0, 0.05) is 41.2 Å². The molecule has 6 nitrogen and oxygen atoms in total. The van der Waals surface area contributed by atoms with Crippen molar-refractivity contribution in [3.05, 3.63) is 58.6 Å². The minimum atomic E-state index is -0.406. The molecule has 7 heteroatoms. The van der Waals surface area contributed by atoms with Gasteiger partial charge in [-0.3, -0.25) is 9.59 Å². The lowest BCUT2D eigenvalue weighted by Crippen LogP contribution is -2.39. The van der Waals surface area contributed by atoms with Gasteiger partial charge in [0.2, 0.25) is 5.91 Å². The van der Waals surface area contributed by atoms with Gasteiger partial charge in [0.15, 0.2) is 0 Å². The Morgan fingerprint density at radius 3 is 2.50 bits per heavy atom. The lowest BCUT2D eigenvalue weighted by Gasteiger charge is -2.22. The van der Waals surface area contributed by atoms with E-state index < -0.39 is 5.92 Å². The van der Waals surface area contributed by atoms with Gasteiger partial charge in [-0.15, -0.1) is 0 Å². The van der Waals surface area contributed by atoms with Gasteiger partial charge in [-0.05, 0) is 50.2 Å². The molecule has 2 amide bonds. The fourth-order valence-electron chi connectivity index (χ4n) is 3.88. The van der Waals surface area contributed by atoms with Gasteiger partial charge < -0.3 is 19.7 Å². The zero-order chi connectivity index (χ0) is 21.8. The smallest absolute Gasteiger partial charge is 0.253 e. The summed E-state index contributed by atoms with van der Waals surface area (Å²) < 4.78 is 10.9. The van der Waals surface area contributed by atoms with Crippen molar-refractivity contribution in [3.8, 4) is 11.5 Å². The Kier molecular flexibility index (Phi) is 6.87. The van der Waals surface area contributed by atoms with Crippen LogP contribution in [-0.4, -0.2) is 50.1 Å². The number of hydrogen-bond donors (Lipinski definition) is 1. The number of carbonyl (C=O) groups excluding carboxylic acids is 2. The molecule has 1 N–H and O–H groups in total. The lowest BCUT2D eigenvalue weighted by atomic mass is 9.87. The van der Waals surface area contributed by atoms with Crippen LogP contribution in [0.4, 0.5) is 0 Å². The fourth-order valence-corrected chi connectivity index (χ4v) is 4.07. The Morgan fingerprint density at radius 2 is 1.87 bits per heavy atom. The standard InChI is InChI=1S/C23H27ClN2O4/c1-14(2)25-22(27)20-13-26(23(28)15-6-5-7-16(24)10-15)12-19(20)18-11-17(29-3)8-9-21(18)30-4/h5-11,14,19-20H,12-13H2,1-4H3,(H,25,27)/t19-,20-/m0/s1. The molecule has 0 aromatic heterocycles. The van der Waals surface area contributed by atoms with E-state index in [2.05, 4.69) is 5.32 Å². The number of ether oxygens (including phenoxy) is 2. The number of nitrogens with zero attached hydrogens (tertiary/aromatic N) is 1. The number of nitrogens with one attached hydrogen (secondary N) is 1. The summed E-state index contributed by atoms with van der Waals surface area (Å²) in [5, 5.41) is 3.49. The molecular formula is C23H27ClN2O4. The Bertz CT molecular complexity index is 931. The highest BCUT2D eigenvalue weighted by Gasteiger charge is 2.42. The second-order valence-electron chi connectivity index (χ2n) is 7.70. The quantitative estimate of drug-likeness (QED) is 0.758. The Hall–Kier alpha value is -2.73. The highest BCUT2D eigenvalue weighted by Crippen LogP contribution is 2.40. The van der Waals surface area contributed by atoms with Gasteiger partial charge >= 0.3 is 0 Å². The topological polar surface area (TPSA) is 67.9 Å². The third kappa shape index (κ3) is 4.70. The van der Waals surface area contributed by atoms with Crippen LogP contribution in [0.1, 0.15) is 35.7 Å². The van der Waals surface area contributed by atoms with Crippen molar-refractivity contribution < 1.29 is 19.1 Å². The minimum Gasteiger partial charge on any atom is -0.497 e. The normalized spacial score (nSPS) is 18.4. The fraction of sp³-hybridized carbons (Fsp3) is 0.391. The number of amides is 2. The first kappa shape index (κ1) is 22.0. The highest BCUT2D eigenvalue weighted by atomic mass is 35.5. The molecule has 1 heterocycles. The predicted molar refractivity (Wildman–Crippen MR) is 116 cm³/mol. The Balaban J connectivity index is 1.97. The third-order valence-corrected chi connectivity index (χ3v) is 5.52. The summed E-state index contributed by atoms with van der Waals surface area (Å²) in [7, 11) is 3.19. The molecule has 0 aliphatic carbocycles. The molecule has 160 valence electrons. The van der Waals surface area contributed by atoms with Crippen molar-refractivity contribution in [2.45, 2.75) is 25.8 Å². The maximum absolute atomic E-state index is 13.1. The molecule has 0 radical (unpaired) electrons. The van der Waals surface area contributed by atoms with Crippen molar-refractivity contribution in [2.75, 3.05) is 27.3 Å². The largest absolute Gasteiger partial charge is 0.497 e. The van der Waals surface area contributed by atoms with Crippen molar-refractivity contribution in [1.82, 2.24) is 10.2 Å². The summed E-state index contributed by atoms with van der Waals surface area (Å²) in [4.78, 5) is 27.8. The molecule has 0 bridgehead atoms. The first-order chi connectivity index (χ1) is 14.3. The molecule has 3 rings (SSSR count). The Morgan fingerprint density at radius 1 is 1.10 bits per heavy atom. The van der Waals surface area contributed by atoms with Crippen LogP contribution in [0, 0.1) is 5.92 Å². The van der Waals surface area contributed by atoms with Crippen LogP contribution in [0.3, 0.4) is 0 Å². The molecule has 1 aliphatic rings. The maximum atomic E-state index is 13.1. The second kappa shape index (κ2) is 9.39. The summed E-state index contributed by atoms with van der Waals surface area (Å²) in [6.45, 7) is 4.55. The van der Waals surface area contributed by atoms with Crippen molar-refractivity contribution in [3.63, 3.8) is 0 Å². The van der Waals surface area contributed by atoms with Crippen LogP contribution in [0.5, 0.6) is 11.5 Å². The molecule has 2 aromatic carbocycles. The van der Waals surface area contributed by atoms with E-state index in [0.29, 0.717) is 35.2 Å². The van der Waals surface area contributed by atoms with Crippen molar-refractivity contribution in [1.29, 1.82) is 0 Å². The van der Waals surface area contributed by atoms with Crippen LogP contribution in [0.25, 0.3) is 0 Å². The second-order valence-corrected chi connectivity index (χ2v) is 8.14. The summed E-state index contributed by atoms with van der Waals surface area (Å²) >= 11 is 6.06. The molecule has 1 fully saturated rings. The molecule has 0 saturated carbocycles. The van der Waals surface area contributed by atoms with E-state index in [4.69, 9.17) is 21.1 Å². The molecule has 1 saturated heterocycles. The molecule has 2 aromatic rings. The number of likely N-dealkylation sites (tertiary alicyclic amines) is 1. The van der Waals surface area contributed by atoms with E-state index in [1.54, 1.807) is 43.4 Å². The van der Waals surface area contributed by atoms with Gasteiger partial charge in [-0.2, -0.15) is 0 Å². The van der Waals surface area contributed by atoms with Gasteiger partial charge in [-0.1, -0.05) is 17.7 Å². The minimum absolute atomic E-state index is 0.00281. The number of halogens is 1. The van der Waals surface area contributed by atoms with E-state index in [1.165, 1.54) is 0 Å². The summed E-state index contributed by atoms with van der Waals surface area (Å²) in [5.41, 5.74) is 1.35. The SMILES string of the molecule is COc1ccc(OC)c([C@@H]2CN(C(=O)c3cccc(Cl)c3)C[C@@H]2C(=O)NC(C)C)c1. The number of rotatable bonds is 6. The summed E-state index contributed by atoms with van der Waals surface area (Å²) in [5.74, 6) is 0.479. The maximum Gasteiger partial charge on any atom is 0.253 e. The highest BCUT2D eigenvalue weighted by molar-refractivity contribution is 6.30. The van der Waals surface area contributed by atoms with Gasteiger partial charge in [-0.25, -0.2) is 0 Å². The first-order valence-corrected chi connectivity index (χ1v) is 10.3. The van der Waals surface area contributed by atoms with Crippen LogP contribution in [0.2, 0.25) is 5.02 Å². The van der Waals surface area contributed by atoms with E-state index >= 15 is 0 Å². The zero-order valence-corrected chi connectivity index (χ0v) is 18.4. The number of hydrogen-bond acceptors (Lipinski definition) is 4. The molecule has 1 aliphatic heterocycles. The predicted octanol–water partition coefficient (Wildman–Crippen LogP) is 3.74. The van der Waals surface area contributed by atoms with E-state index in [9.17, 15) is 9.59 Å². The van der Waals surface area contributed by atoms with Crippen LogP contribution in [-0.2, 0) is 4.79 Å². The van der Waals surface area contributed by atoms with Crippen molar-refractivity contribution in [2.24, 2.45) is 5.92 Å². The summed E-state index contributed by atoms with van der Waals surface area (Å²) in [6, 6.07) is 12.4. The van der Waals surface area contributed by atoms with Crippen LogP contribution >= 0.6 is 11.6 Å². The Labute approximate surface area is 182 Å². The molecule has 0 unspecified atom stereocenters. The number of benzene rings is 2. The van der Waals surface area contributed by atoms with E-state index in [1.807, 2.05) is 32.0 Å². The van der Waals surface area contributed by atoms with Gasteiger partial charge in [0.25, 0.3) is 5.91 Å². The lowest BCUT2D eigenvalue weighted by molar-refractivity contribution is -0.125. The van der Waals surface area contributed by atoms with Crippen molar-refractivity contribution >= 4 is 23.4 Å². The first-order valence-electron chi connectivity index (χ1n) is 9.91.